The molecule has 0 atom stereocenters. The summed E-state index contributed by atoms with van der Waals surface area (Å²) in [5.41, 5.74) is 0.0135. The average molecular weight is 229 g/mol. The summed E-state index contributed by atoms with van der Waals surface area (Å²) in [7, 11) is 0. The molecule has 1 rings (SSSR count). The molecule has 0 bridgehead atoms. The fraction of sp³-hybridized carbons (Fsp3) is 0.300. The summed E-state index contributed by atoms with van der Waals surface area (Å²) in [6, 6.07) is 7.39. The molecular weight excluding hydrogens is 219 g/mol. The SMILES string of the molecule is CC(C)(C#N)Nc1cccc(Cl)c1Cl. The summed E-state index contributed by atoms with van der Waals surface area (Å²) in [4.78, 5) is 0. The number of benzene rings is 1. The first-order valence-electron chi connectivity index (χ1n) is 4.10. The number of anilines is 1. The average Bonchev–Trinajstić information content (AvgIpc) is 2.13. The maximum Gasteiger partial charge on any atom is 0.119 e. The van der Waals surface area contributed by atoms with Gasteiger partial charge in [-0.2, -0.15) is 5.26 Å². The van der Waals surface area contributed by atoms with Gasteiger partial charge in [0.1, 0.15) is 5.54 Å². The molecule has 0 aromatic heterocycles. The lowest BCUT2D eigenvalue weighted by atomic mass is 10.1. The second-order valence-corrected chi connectivity index (χ2v) is 4.25. The quantitative estimate of drug-likeness (QED) is 0.838. The molecule has 1 aromatic rings. The van der Waals surface area contributed by atoms with Gasteiger partial charge >= 0.3 is 0 Å². The largest absolute Gasteiger partial charge is 0.367 e. The summed E-state index contributed by atoms with van der Waals surface area (Å²) in [6.07, 6.45) is 0. The Balaban J connectivity index is 3.00. The fourth-order valence-corrected chi connectivity index (χ4v) is 1.31. The predicted octanol–water partition coefficient (Wildman–Crippen LogP) is 3.71. The lowest BCUT2D eigenvalue weighted by molar-refractivity contribution is 0.729. The molecule has 0 aliphatic carbocycles. The first-order valence-corrected chi connectivity index (χ1v) is 4.85. The number of nitriles is 1. The summed E-state index contributed by atoms with van der Waals surface area (Å²) >= 11 is 11.8. The van der Waals surface area contributed by atoms with E-state index in [4.69, 9.17) is 28.5 Å². The standard InChI is InChI=1S/C10H10Cl2N2/c1-10(2,6-13)14-8-5-3-4-7(11)9(8)12/h3-5,14H,1-2H3. The highest BCUT2D eigenvalue weighted by atomic mass is 35.5. The highest BCUT2D eigenvalue weighted by Crippen LogP contribution is 2.31. The van der Waals surface area contributed by atoms with Crippen LogP contribution in [0.4, 0.5) is 5.69 Å². The molecule has 0 radical (unpaired) electrons. The Morgan fingerprint density at radius 3 is 2.57 bits per heavy atom. The molecule has 0 aliphatic heterocycles. The summed E-state index contributed by atoms with van der Waals surface area (Å²) in [5.74, 6) is 0. The number of nitrogens with zero attached hydrogens (tertiary/aromatic N) is 1. The van der Waals surface area contributed by atoms with Crippen molar-refractivity contribution in [2.75, 3.05) is 5.32 Å². The Morgan fingerprint density at radius 1 is 1.36 bits per heavy atom. The van der Waals surface area contributed by atoms with E-state index in [1.54, 1.807) is 32.0 Å². The minimum Gasteiger partial charge on any atom is -0.367 e. The van der Waals surface area contributed by atoms with Gasteiger partial charge in [0.15, 0.2) is 0 Å². The third-order valence-corrected chi connectivity index (χ3v) is 2.50. The van der Waals surface area contributed by atoms with Crippen LogP contribution in [-0.4, -0.2) is 5.54 Å². The first-order chi connectivity index (χ1) is 6.46. The summed E-state index contributed by atoms with van der Waals surface area (Å²) in [6.45, 7) is 3.54. The van der Waals surface area contributed by atoms with Crippen LogP contribution < -0.4 is 5.32 Å². The number of nitrogens with one attached hydrogen (secondary N) is 1. The second-order valence-electron chi connectivity index (χ2n) is 3.46. The summed E-state index contributed by atoms with van der Waals surface area (Å²) < 4.78 is 0. The maximum atomic E-state index is 8.83. The normalized spacial score (nSPS) is 10.8. The zero-order valence-corrected chi connectivity index (χ0v) is 9.45. The molecular formula is C10H10Cl2N2. The maximum absolute atomic E-state index is 8.83. The molecule has 0 saturated carbocycles. The Kier molecular flexibility index (Phi) is 3.25. The van der Waals surface area contributed by atoms with E-state index in [2.05, 4.69) is 11.4 Å². The van der Waals surface area contributed by atoms with Gasteiger partial charge in [0.05, 0.1) is 21.8 Å². The molecule has 0 fully saturated rings. The zero-order valence-electron chi connectivity index (χ0n) is 7.94. The molecule has 14 heavy (non-hydrogen) atoms. The molecule has 74 valence electrons. The smallest absolute Gasteiger partial charge is 0.119 e. The topological polar surface area (TPSA) is 35.8 Å². The van der Waals surface area contributed by atoms with Gasteiger partial charge in [-0.15, -0.1) is 0 Å². The number of hydrogen-bond acceptors (Lipinski definition) is 2. The van der Waals surface area contributed by atoms with E-state index in [1.807, 2.05) is 0 Å². The Hall–Kier alpha value is -0.910. The van der Waals surface area contributed by atoms with Crippen molar-refractivity contribution in [2.45, 2.75) is 19.4 Å². The lowest BCUT2D eigenvalue weighted by Crippen LogP contribution is -2.28. The molecule has 0 amide bonds. The molecule has 1 aromatic carbocycles. The van der Waals surface area contributed by atoms with Crippen LogP contribution in [-0.2, 0) is 0 Å². The van der Waals surface area contributed by atoms with Crippen LogP contribution in [0.25, 0.3) is 0 Å². The van der Waals surface area contributed by atoms with Crippen LogP contribution in [0, 0.1) is 11.3 Å². The van der Waals surface area contributed by atoms with Crippen LogP contribution in [0.2, 0.25) is 10.0 Å². The fourth-order valence-electron chi connectivity index (χ4n) is 0.965. The second kappa shape index (κ2) is 4.08. The number of halogens is 2. The van der Waals surface area contributed by atoms with Crippen LogP contribution in [0.3, 0.4) is 0 Å². The number of rotatable bonds is 2. The van der Waals surface area contributed by atoms with Gasteiger partial charge in [0, 0.05) is 0 Å². The molecule has 4 heteroatoms. The van der Waals surface area contributed by atoms with Gasteiger partial charge in [-0.3, -0.25) is 0 Å². The number of hydrogen-bond donors (Lipinski definition) is 1. The van der Waals surface area contributed by atoms with Crippen molar-refractivity contribution in [3.8, 4) is 6.07 Å². The molecule has 0 saturated heterocycles. The van der Waals surface area contributed by atoms with Crippen LogP contribution in [0.1, 0.15) is 13.8 Å². The Bertz CT molecular complexity index is 380. The van der Waals surface area contributed by atoms with Crippen molar-refractivity contribution in [1.82, 2.24) is 0 Å². The lowest BCUT2D eigenvalue weighted by Gasteiger charge is -2.20. The van der Waals surface area contributed by atoms with Crippen LogP contribution in [0.5, 0.6) is 0 Å². The van der Waals surface area contributed by atoms with Crippen molar-refractivity contribution in [1.29, 1.82) is 5.26 Å². The summed E-state index contributed by atoms with van der Waals surface area (Å²) in [5, 5.41) is 12.7. The third kappa shape index (κ3) is 2.54. The highest BCUT2D eigenvalue weighted by molar-refractivity contribution is 6.43. The molecule has 0 aliphatic rings. The van der Waals surface area contributed by atoms with Gasteiger partial charge in [-0.05, 0) is 26.0 Å². The molecule has 0 spiro atoms. The van der Waals surface area contributed by atoms with Gasteiger partial charge in [0.2, 0.25) is 0 Å². The van der Waals surface area contributed by atoms with Crippen molar-refractivity contribution in [2.24, 2.45) is 0 Å². The van der Waals surface area contributed by atoms with E-state index in [0.29, 0.717) is 15.7 Å². The van der Waals surface area contributed by atoms with Crippen molar-refractivity contribution < 1.29 is 0 Å². The van der Waals surface area contributed by atoms with E-state index in [0.717, 1.165) is 0 Å². The van der Waals surface area contributed by atoms with Gasteiger partial charge in [-0.1, -0.05) is 29.3 Å². The predicted molar refractivity (Wildman–Crippen MR) is 59.8 cm³/mol. The van der Waals surface area contributed by atoms with E-state index >= 15 is 0 Å². The van der Waals surface area contributed by atoms with Crippen molar-refractivity contribution in [3.05, 3.63) is 28.2 Å². The monoisotopic (exact) mass is 228 g/mol. The minimum absolute atomic E-state index is 0.442. The first kappa shape index (κ1) is 11.2. The van der Waals surface area contributed by atoms with E-state index in [1.165, 1.54) is 0 Å². The van der Waals surface area contributed by atoms with E-state index < -0.39 is 5.54 Å². The molecule has 1 N–H and O–H groups in total. The van der Waals surface area contributed by atoms with Crippen LogP contribution in [0.15, 0.2) is 18.2 Å². The molecule has 0 unspecified atom stereocenters. The van der Waals surface area contributed by atoms with Gasteiger partial charge in [0.25, 0.3) is 0 Å². The Labute approximate surface area is 93.4 Å². The van der Waals surface area contributed by atoms with Gasteiger partial charge < -0.3 is 5.32 Å². The van der Waals surface area contributed by atoms with Crippen LogP contribution >= 0.6 is 23.2 Å². The van der Waals surface area contributed by atoms with Crippen molar-refractivity contribution >= 4 is 28.9 Å². The molecule has 2 nitrogen and oxygen atoms in total. The minimum atomic E-state index is -0.658. The zero-order chi connectivity index (χ0) is 10.8. The highest BCUT2D eigenvalue weighted by Gasteiger charge is 2.17. The van der Waals surface area contributed by atoms with Crippen molar-refractivity contribution in [3.63, 3.8) is 0 Å². The Morgan fingerprint density at radius 2 is 2.00 bits per heavy atom. The third-order valence-electron chi connectivity index (χ3n) is 1.68. The molecule has 0 heterocycles. The van der Waals surface area contributed by atoms with E-state index in [-0.39, 0.29) is 0 Å². The van der Waals surface area contributed by atoms with Gasteiger partial charge in [-0.25, -0.2) is 0 Å². The van der Waals surface area contributed by atoms with E-state index in [9.17, 15) is 0 Å².